The molecule has 2 fully saturated rings. The molecule has 2 aliphatic rings. The van der Waals surface area contributed by atoms with Crippen LogP contribution in [0.15, 0.2) is 24.3 Å². The third-order valence-electron chi connectivity index (χ3n) is 4.66. The molecule has 1 aromatic carbocycles. The number of hydrogen-bond donors (Lipinski definition) is 0. The summed E-state index contributed by atoms with van der Waals surface area (Å²) in [4.78, 5) is 14.3. The van der Waals surface area contributed by atoms with Crippen LogP contribution >= 0.6 is 0 Å². The van der Waals surface area contributed by atoms with E-state index in [4.69, 9.17) is 10.00 Å². The molecule has 0 unspecified atom stereocenters. The van der Waals surface area contributed by atoms with Crippen molar-refractivity contribution in [3.05, 3.63) is 35.4 Å². The molecular weight excluding hydrogens is 342 g/mol. The monoisotopic (exact) mass is 363 g/mol. The molecule has 8 heteroatoms. The molecule has 1 amide bonds. The Morgan fingerprint density at radius 2 is 2.00 bits per heavy atom. The van der Waals surface area contributed by atoms with Crippen molar-refractivity contribution in [2.45, 2.75) is 18.1 Å². The van der Waals surface area contributed by atoms with Crippen LogP contribution in [0.2, 0.25) is 0 Å². The number of carbonyl (C=O) groups excluding carboxylic acids is 1. The quantitative estimate of drug-likeness (QED) is 0.793. The molecule has 3 rings (SSSR count). The van der Waals surface area contributed by atoms with Crippen molar-refractivity contribution >= 4 is 15.9 Å². The number of hydrogen-bond acceptors (Lipinski definition) is 5. The van der Waals surface area contributed by atoms with Crippen LogP contribution in [-0.4, -0.2) is 68.2 Å². The van der Waals surface area contributed by atoms with E-state index in [0.29, 0.717) is 56.8 Å². The molecule has 2 aliphatic heterocycles. The van der Waals surface area contributed by atoms with Crippen LogP contribution in [0.5, 0.6) is 0 Å². The highest BCUT2D eigenvalue weighted by Gasteiger charge is 2.37. The first-order chi connectivity index (χ1) is 12.0. The van der Waals surface area contributed by atoms with E-state index < -0.39 is 15.3 Å². The average molecular weight is 363 g/mol. The molecule has 0 saturated carbocycles. The summed E-state index contributed by atoms with van der Waals surface area (Å²) < 4.78 is 32.4. The van der Waals surface area contributed by atoms with Crippen molar-refractivity contribution in [1.82, 2.24) is 9.21 Å². The summed E-state index contributed by atoms with van der Waals surface area (Å²) in [6.07, 6.45) is 1.21. The van der Waals surface area contributed by atoms with Gasteiger partial charge in [-0.15, -0.1) is 0 Å². The van der Waals surface area contributed by atoms with E-state index in [1.54, 1.807) is 29.2 Å². The highest BCUT2D eigenvalue weighted by Crippen LogP contribution is 2.22. The lowest BCUT2D eigenvalue weighted by Gasteiger charge is -2.36. The predicted molar refractivity (Wildman–Crippen MR) is 91.4 cm³/mol. The van der Waals surface area contributed by atoms with E-state index >= 15 is 0 Å². The van der Waals surface area contributed by atoms with Gasteiger partial charge in [0.2, 0.25) is 10.0 Å². The average Bonchev–Trinajstić information content (AvgIpc) is 2.68. The van der Waals surface area contributed by atoms with Crippen LogP contribution in [-0.2, 0) is 14.8 Å². The number of nitriles is 1. The minimum absolute atomic E-state index is 0.190. The number of nitrogens with zero attached hydrogens (tertiary/aromatic N) is 3. The number of likely N-dealkylation sites (tertiary alicyclic amines) is 1. The van der Waals surface area contributed by atoms with Crippen LogP contribution in [0, 0.1) is 11.3 Å². The Labute approximate surface area is 147 Å². The van der Waals surface area contributed by atoms with Gasteiger partial charge in [-0.3, -0.25) is 4.79 Å². The maximum atomic E-state index is 12.8. The summed E-state index contributed by atoms with van der Waals surface area (Å²) in [5.74, 6) is -0.223. The lowest BCUT2D eigenvalue weighted by molar-refractivity contribution is 0.0686. The highest BCUT2D eigenvalue weighted by atomic mass is 32.2. The van der Waals surface area contributed by atoms with Gasteiger partial charge in [0.05, 0.1) is 30.1 Å². The van der Waals surface area contributed by atoms with Crippen molar-refractivity contribution in [2.75, 3.05) is 39.4 Å². The Hall–Kier alpha value is -1.95. The van der Waals surface area contributed by atoms with Crippen LogP contribution in [0.4, 0.5) is 0 Å². The van der Waals surface area contributed by atoms with Crippen molar-refractivity contribution < 1.29 is 17.9 Å². The Kier molecular flexibility index (Phi) is 5.37. The zero-order valence-corrected chi connectivity index (χ0v) is 14.7. The second-order valence-corrected chi connectivity index (χ2v) is 8.48. The Morgan fingerprint density at radius 3 is 2.72 bits per heavy atom. The van der Waals surface area contributed by atoms with E-state index in [-0.39, 0.29) is 12.5 Å². The Morgan fingerprint density at radius 1 is 1.24 bits per heavy atom. The van der Waals surface area contributed by atoms with Gasteiger partial charge in [0.1, 0.15) is 0 Å². The fourth-order valence-corrected chi connectivity index (χ4v) is 5.19. The molecule has 0 aliphatic carbocycles. The Bertz CT molecular complexity index is 781. The lowest BCUT2D eigenvalue weighted by Crippen LogP contribution is -2.51. The molecule has 0 spiro atoms. The van der Waals surface area contributed by atoms with Gasteiger partial charge in [0, 0.05) is 31.7 Å². The third-order valence-corrected chi connectivity index (χ3v) is 6.97. The number of amides is 1. The summed E-state index contributed by atoms with van der Waals surface area (Å²) in [5, 5.41) is 8.40. The smallest absolute Gasteiger partial charge is 0.253 e. The number of carbonyl (C=O) groups is 1. The summed E-state index contributed by atoms with van der Waals surface area (Å²) in [5.41, 5.74) is 0.837. The number of piperidine rings is 1. The van der Waals surface area contributed by atoms with Crippen molar-refractivity contribution in [1.29, 1.82) is 5.26 Å². The zero-order valence-electron chi connectivity index (χ0n) is 13.9. The second-order valence-electron chi connectivity index (χ2n) is 6.26. The third kappa shape index (κ3) is 3.84. The number of morpholine rings is 1. The van der Waals surface area contributed by atoms with E-state index in [0.717, 1.165) is 0 Å². The van der Waals surface area contributed by atoms with Gasteiger partial charge in [-0.2, -0.15) is 9.57 Å². The standard InChI is InChI=1S/C17H21N3O4S/c18-12-14-3-1-4-15(11-14)17(21)19-6-2-5-16(13-19)25(22,23)20-7-9-24-10-8-20/h1,3-4,11,16H,2,5-10,13H2/t16-/m1/s1. The molecule has 2 saturated heterocycles. The van der Waals surface area contributed by atoms with E-state index in [9.17, 15) is 13.2 Å². The minimum Gasteiger partial charge on any atom is -0.379 e. The summed E-state index contributed by atoms with van der Waals surface area (Å²) in [6.45, 7) is 2.29. The topological polar surface area (TPSA) is 90.7 Å². The summed E-state index contributed by atoms with van der Waals surface area (Å²) in [6, 6.07) is 8.52. The van der Waals surface area contributed by atoms with Crippen LogP contribution < -0.4 is 0 Å². The van der Waals surface area contributed by atoms with Gasteiger partial charge >= 0.3 is 0 Å². The molecule has 7 nitrogen and oxygen atoms in total. The number of rotatable bonds is 3. The van der Waals surface area contributed by atoms with Gasteiger partial charge in [0.15, 0.2) is 0 Å². The van der Waals surface area contributed by atoms with Crippen molar-refractivity contribution in [3.8, 4) is 6.07 Å². The van der Waals surface area contributed by atoms with Gasteiger partial charge in [-0.05, 0) is 31.0 Å². The van der Waals surface area contributed by atoms with E-state index in [1.807, 2.05) is 6.07 Å². The number of sulfonamides is 1. The van der Waals surface area contributed by atoms with Gasteiger partial charge in [-0.25, -0.2) is 8.42 Å². The van der Waals surface area contributed by atoms with Crippen molar-refractivity contribution in [3.63, 3.8) is 0 Å². The maximum Gasteiger partial charge on any atom is 0.253 e. The van der Waals surface area contributed by atoms with Crippen molar-refractivity contribution in [2.24, 2.45) is 0 Å². The fourth-order valence-electron chi connectivity index (χ4n) is 3.28. The molecule has 0 aromatic heterocycles. The van der Waals surface area contributed by atoms with Crippen LogP contribution in [0.3, 0.4) is 0 Å². The Balaban J connectivity index is 1.74. The van der Waals surface area contributed by atoms with Gasteiger partial charge in [-0.1, -0.05) is 6.07 Å². The molecule has 25 heavy (non-hydrogen) atoms. The number of ether oxygens (including phenoxy) is 1. The van der Waals surface area contributed by atoms with E-state index in [2.05, 4.69) is 0 Å². The first-order valence-electron chi connectivity index (χ1n) is 8.38. The SMILES string of the molecule is N#Cc1cccc(C(=O)N2CCC[C@@H](S(=O)(=O)N3CCOCC3)C2)c1. The van der Waals surface area contributed by atoms with Gasteiger partial charge in [0.25, 0.3) is 5.91 Å². The highest BCUT2D eigenvalue weighted by molar-refractivity contribution is 7.89. The van der Waals surface area contributed by atoms with Gasteiger partial charge < -0.3 is 9.64 Å². The largest absolute Gasteiger partial charge is 0.379 e. The molecule has 0 radical (unpaired) electrons. The normalized spacial score (nSPS) is 22.4. The minimum atomic E-state index is -3.44. The first-order valence-corrected chi connectivity index (χ1v) is 9.89. The summed E-state index contributed by atoms with van der Waals surface area (Å²) >= 11 is 0. The molecular formula is C17H21N3O4S. The molecule has 0 N–H and O–H groups in total. The van der Waals surface area contributed by atoms with Crippen LogP contribution in [0.1, 0.15) is 28.8 Å². The van der Waals surface area contributed by atoms with Crippen LogP contribution in [0.25, 0.3) is 0 Å². The molecule has 2 heterocycles. The summed E-state index contributed by atoms with van der Waals surface area (Å²) in [7, 11) is -3.44. The molecule has 134 valence electrons. The lowest BCUT2D eigenvalue weighted by atomic mass is 10.1. The van der Waals surface area contributed by atoms with E-state index in [1.165, 1.54) is 4.31 Å². The first kappa shape index (κ1) is 17.9. The number of benzene rings is 1. The maximum absolute atomic E-state index is 12.8. The molecule has 1 atom stereocenters. The molecule has 0 bridgehead atoms. The zero-order chi connectivity index (χ0) is 17.9. The fraction of sp³-hybridized carbons (Fsp3) is 0.529. The predicted octanol–water partition coefficient (Wildman–Crippen LogP) is 0.825. The second kappa shape index (κ2) is 7.52. The molecule has 1 aromatic rings.